The van der Waals surface area contributed by atoms with Gasteiger partial charge in [-0.25, -0.2) is 9.97 Å². The van der Waals surface area contributed by atoms with Crippen LogP contribution in [-0.4, -0.2) is 73.0 Å². The minimum Gasteiger partial charge on any atom is -0.383 e. The lowest BCUT2D eigenvalue weighted by molar-refractivity contribution is -0.201. The Morgan fingerprint density at radius 1 is 1.15 bits per heavy atom. The Morgan fingerprint density at radius 3 is 2.65 bits per heavy atom. The van der Waals surface area contributed by atoms with Crippen LogP contribution in [0.5, 0.6) is 0 Å². The second-order valence-corrected chi connectivity index (χ2v) is 11.0. The summed E-state index contributed by atoms with van der Waals surface area (Å²) in [6.07, 6.45) is -2.48. The summed E-state index contributed by atoms with van der Waals surface area (Å²) in [5, 5.41) is 9.60. The molecule has 4 aromatic rings. The van der Waals surface area contributed by atoms with Gasteiger partial charge in [-0.15, -0.1) is 11.3 Å². The third-order valence-electron chi connectivity index (χ3n) is 7.66. The van der Waals surface area contributed by atoms with Crippen LogP contribution < -0.4 is 11.1 Å². The number of amides is 3. The van der Waals surface area contributed by atoms with Crippen molar-refractivity contribution in [2.75, 3.05) is 24.1 Å². The SMILES string of the molecule is C[C@@H]1CN(C(=O)C(=O)Nc2cnc(N)c3cn[nH]c23)[C@@H](c2ccc3scnc3c2)CN1C(=O)C1(C(F)(F)F)CC1. The third kappa shape index (κ3) is 4.11. The van der Waals surface area contributed by atoms with Gasteiger partial charge in [0.25, 0.3) is 0 Å². The number of halogens is 3. The monoisotopic (exact) mass is 572 g/mol. The molecule has 6 rings (SSSR count). The molecular weight excluding hydrogens is 549 g/mol. The summed E-state index contributed by atoms with van der Waals surface area (Å²) in [7, 11) is 0. The standard InChI is InChI=1S/C25H23F3N8O3S/c1-12-9-36(22(38)21(37)33-16-8-30-20(29)14-7-32-34-19(14)16)17(13-2-3-18-15(6-13)31-11-40-18)10-35(12)23(39)24(4-5-24)25(26,27)28/h2-3,6-8,11-12,17H,4-5,9-10H2,1H3,(H2,29,30)(H,32,34)(H,33,37)/t12-,17-/m1/s1. The Kier molecular flexibility index (Phi) is 5.94. The number of H-pyrrole nitrogens is 1. The molecule has 1 aliphatic carbocycles. The summed E-state index contributed by atoms with van der Waals surface area (Å²) in [4.78, 5) is 50.8. The lowest BCUT2D eigenvalue weighted by Crippen LogP contribution is -2.60. The van der Waals surface area contributed by atoms with Gasteiger partial charge in [-0.2, -0.15) is 18.3 Å². The molecule has 1 aromatic carbocycles. The summed E-state index contributed by atoms with van der Waals surface area (Å²) in [6.45, 7) is 1.21. The van der Waals surface area contributed by atoms with Gasteiger partial charge in [-0.3, -0.25) is 19.5 Å². The normalized spacial score (nSPS) is 20.6. The van der Waals surface area contributed by atoms with Crippen LogP contribution in [0.25, 0.3) is 21.1 Å². The Hall–Kier alpha value is -4.27. The van der Waals surface area contributed by atoms with Crippen LogP contribution in [0.15, 0.2) is 36.1 Å². The van der Waals surface area contributed by atoms with E-state index in [1.54, 1.807) is 30.6 Å². The van der Waals surface area contributed by atoms with Crippen molar-refractivity contribution in [2.24, 2.45) is 5.41 Å². The molecule has 2 aliphatic rings. The molecule has 4 heterocycles. The van der Waals surface area contributed by atoms with Gasteiger partial charge in [0, 0.05) is 19.1 Å². The number of carbonyl (C=O) groups is 3. The van der Waals surface area contributed by atoms with Crippen LogP contribution >= 0.6 is 11.3 Å². The molecule has 0 radical (unpaired) electrons. The Morgan fingerprint density at radius 2 is 1.93 bits per heavy atom. The van der Waals surface area contributed by atoms with E-state index in [4.69, 9.17) is 5.73 Å². The van der Waals surface area contributed by atoms with E-state index >= 15 is 0 Å². The zero-order valence-corrected chi connectivity index (χ0v) is 21.8. The van der Waals surface area contributed by atoms with Crippen LogP contribution in [0, 0.1) is 5.41 Å². The topological polar surface area (TPSA) is 150 Å². The van der Waals surface area contributed by atoms with Gasteiger partial charge < -0.3 is 20.9 Å². The van der Waals surface area contributed by atoms with Gasteiger partial charge in [0.15, 0.2) is 0 Å². The van der Waals surface area contributed by atoms with E-state index in [9.17, 15) is 27.6 Å². The van der Waals surface area contributed by atoms with E-state index < -0.39 is 41.4 Å². The van der Waals surface area contributed by atoms with Crippen LogP contribution in [0.2, 0.25) is 0 Å². The Bertz CT molecular complexity index is 1660. The van der Waals surface area contributed by atoms with Crippen LogP contribution in [0.3, 0.4) is 0 Å². The molecule has 2 atom stereocenters. The molecule has 15 heteroatoms. The highest BCUT2D eigenvalue weighted by molar-refractivity contribution is 7.16. The number of anilines is 2. The van der Waals surface area contributed by atoms with E-state index in [0.717, 1.165) is 4.70 Å². The molecule has 208 valence electrons. The molecular formula is C25H23F3N8O3S. The molecule has 1 saturated carbocycles. The van der Waals surface area contributed by atoms with E-state index in [0.29, 0.717) is 22.0 Å². The molecule has 0 spiro atoms. The number of piperazine rings is 1. The maximum atomic E-state index is 13.8. The highest BCUT2D eigenvalue weighted by Gasteiger charge is 2.70. The number of carbonyl (C=O) groups excluding carboxylic acids is 3. The molecule has 4 N–H and O–H groups in total. The van der Waals surface area contributed by atoms with Gasteiger partial charge in [0.05, 0.1) is 50.8 Å². The van der Waals surface area contributed by atoms with Crippen molar-refractivity contribution in [3.8, 4) is 0 Å². The van der Waals surface area contributed by atoms with Crippen molar-refractivity contribution >= 4 is 61.7 Å². The molecule has 3 amide bonds. The Labute approximate surface area is 228 Å². The Balaban J connectivity index is 1.32. The summed E-state index contributed by atoms with van der Waals surface area (Å²) >= 11 is 1.41. The molecule has 3 aromatic heterocycles. The van der Waals surface area contributed by atoms with Gasteiger partial charge in [-0.1, -0.05) is 6.07 Å². The number of aromatic amines is 1. The molecule has 11 nitrogen and oxygen atoms in total. The number of nitrogens with two attached hydrogens (primary N) is 1. The number of hydrogen-bond donors (Lipinski definition) is 3. The van der Waals surface area contributed by atoms with E-state index in [1.807, 2.05) is 0 Å². The van der Waals surface area contributed by atoms with Gasteiger partial charge >= 0.3 is 18.0 Å². The van der Waals surface area contributed by atoms with E-state index in [2.05, 4.69) is 25.5 Å². The number of aromatic nitrogens is 4. The maximum Gasteiger partial charge on any atom is 0.403 e. The van der Waals surface area contributed by atoms with E-state index in [-0.39, 0.29) is 37.4 Å². The fourth-order valence-electron chi connectivity index (χ4n) is 5.22. The average molecular weight is 573 g/mol. The first kappa shape index (κ1) is 26.0. The molecule has 40 heavy (non-hydrogen) atoms. The number of alkyl halides is 3. The fourth-order valence-corrected chi connectivity index (χ4v) is 5.88. The minimum atomic E-state index is -4.67. The molecule has 0 unspecified atom stereocenters. The predicted molar refractivity (Wildman–Crippen MR) is 140 cm³/mol. The molecule has 1 aliphatic heterocycles. The number of benzene rings is 1. The van der Waals surface area contributed by atoms with Crippen molar-refractivity contribution in [3.63, 3.8) is 0 Å². The number of pyridine rings is 1. The van der Waals surface area contributed by atoms with E-state index in [1.165, 1.54) is 33.5 Å². The summed E-state index contributed by atoms with van der Waals surface area (Å²) in [5.74, 6) is -2.71. The summed E-state index contributed by atoms with van der Waals surface area (Å²) < 4.78 is 42.4. The van der Waals surface area contributed by atoms with Crippen molar-refractivity contribution in [1.82, 2.24) is 30.0 Å². The third-order valence-corrected chi connectivity index (χ3v) is 8.47. The minimum absolute atomic E-state index is 0.148. The second kappa shape index (κ2) is 9.15. The largest absolute Gasteiger partial charge is 0.403 e. The summed E-state index contributed by atoms with van der Waals surface area (Å²) in [5.41, 5.74) is 6.85. The summed E-state index contributed by atoms with van der Waals surface area (Å²) in [6, 6.07) is 3.60. The first-order valence-electron chi connectivity index (χ1n) is 12.4. The fraction of sp³-hybridized carbons (Fsp3) is 0.360. The molecule has 0 bridgehead atoms. The van der Waals surface area contributed by atoms with Crippen molar-refractivity contribution in [3.05, 3.63) is 41.7 Å². The highest BCUT2D eigenvalue weighted by Crippen LogP contribution is 2.59. The lowest BCUT2D eigenvalue weighted by Gasteiger charge is -2.46. The van der Waals surface area contributed by atoms with Gasteiger partial charge in [-0.05, 0) is 37.5 Å². The number of rotatable bonds is 3. The predicted octanol–water partition coefficient (Wildman–Crippen LogP) is 3.23. The smallest absolute Gasteiger partial charge is 0.383 e. The first-order valence-corrected chi connectivity index (χ1v) is 13.3. The number of nitrogens with one attached hydrogen (secondary N) is 2. The quantitative estimate of drug-likeness (QED) is 0.319. The molecule has 1 saturated heterocycles. The van der Waals surface area contributed by atoms with Crippen molar-refractivity contribution in [2.45, 2.75) is 38.0 Å². The van der Waals surface area contributed by atoms with Crippen LogP contribution in [0.1, 0.15) is 31.4 Å². The number of nitrogen functional groups attached to an aromatic ring is 1. The van der Waals surface area contributed by atoms with Crippen LogP contribution in [-0.2, 0) is 14.4 Å². The first-order chi connectivity index (χ1) is 19.0. The zero-order valence-electron chi connectivity index (χ0n) is 21.0. The number of hydrogen-bond acceptors (Lipinski definition) is 8. The lowest BCUT2D eigenvalue weighted by atomic mass is 9.96. The number of thiazole rings is 1. The van der Waals surface area contributed by atoms with Crippen molar-refractivity contribution < 1.29 is 27.6 Å². The average Bonchev–Trinajstić information content (AvgIpc) is 3.37. The van der Waals surface area contributed by atoms with Crippen molar-refractivity contribution in [1.29, 1.82) is 0 Å². The molecule has 2 fully saturated rings. The maximum absolute atomic E-state index is 13.8. The second-order valence-electron chi connectivity index (χ2n) is 10.1. The van der Waals surface area contributed by atoms with Crippen LogP contribution in [0.4, 0.5) is 24.7 Å². The highest BCUT2D eigenvalue weighted by atomic mass is 32.1. The van der Waals surface area contributed by atoms with Gasteiger partial charge in [0.2, 0.25) is 5.91 Å². The zero-order chi connectivity index (χ0) is 28.4. The van der Waals surface area contributed by atoms with Gasteiger partial charge in [0.1, 0.15) is 11.2 Å². The number of fused-ring (bicyclic) bond motifs is 2. The number of nitrogens with zero attached hydrogens (tertiary/aromatic N) is 5.